The summed E-state index contributed by atoms with van der Waals surface area (Å²) in [4.78, 5) is 0. The number of rotatable bonds is 4. The van der Waals surface area contributed by atoms with Gasteiger partial charge in [-0.05, 0) is 0 Å². The van der Waals surface area contributed by atoms with E-state index in [-0.39, 0.29) is 6.29 Å². The Morgan fingerprint density at radius 2 is 1.88 bits per heavy atom. The fourth-order valence-corrected chi connectivity index (χ4v) is 0.829. The van der Waals surface area contributed by atoms with Crippen LogP contribution in [0, 0.1) is 0 Å². The van der Waals surface area contributed by atoms with E-state index in [4.69, 9.17) is 12.2 Å². The molecule has 0 fully saturated rings. The van der Waals surface area contributed by atoms with Crippen molar-refractivity contribution in [3.8, 4) is 0 Å². The standard InChI is InChI=1S/C4H9O3.Pb/c1-6-4(3-5)7-2;/h4H,3H2,1-2H3;/q-1;+1. The van der Waals surface area contributed by atoms with Gasteiger partial charge in [0.25, 0.3) is 0 Å². The van der Waals surface area contributed by atoms with Crippen LogP contribution in [0.15, 0.2) is 0 Å². The van der Waals surface area contributed by atoms with Crippen LogP contribution in [0.3, 0.4) is 0 Å². The summed E-state index contributed by atoms with van der Waals surface area (Å²) in [6, 6.07) is 0. The SMILES string of the molecule is COC(C[O][Pb])OC. The summed E-state index contributed by atoms with van der Waals surface area (Å²) in [5.74, 6) is 0. The molecule has 0 aliphatic carbocycles. The summed E-state index contributed by atoms with van der Waals surface area (Å²) in [6.07, 6.45) is -0.188. The molecule has 0 saturated carbocycles. The van der Waals surface area contributed by atoms with Crippen LogP contribution in [0.25, 0.3) is 0 Å². The van der Waals surface area contributed by atoms with Gasteiger partial charge in [-0.2, -0.15) is 0 Å². The normalized spacial score (nSPS) is 10.5. The molecule has 0 amide bonds. The van der Waals surface area contributed by atoms with E-state index in [9.17, 15) is 0 Å². The van der Waals surface area contributed by atoms with Crippen molar-refractivity contribution >= 4 is 26.2 Å². The zero-order chi connectivity index (χ0) is 6.41. The monoisotopic (exact) mass is 313 g/mol. The molecule has 0 aromatic heterocycles. The summed E-state index contributed by atoms with van der Waals surface area (Å²) >= 11 is 0.736. The molecule has 47 valence electrons. The van der Waals surface area contributed by atoms with Crippen LogP contribution >= 0.6 is 0 Å². The maximum atomic E-state index is 4.87. The Balaban J connectivity index is 3.07. The molecule has 0 aliphatic rings. The van der Waals surface area contributed by atoms with Crippen molar-refractivity contribution in [1.82, 2.24) is 0 Å². The molecule has 4 heteroatoms. The summed E-state index contributed by atoms with van der Waals surface area (Å²) in [7, 11) is 3.18. The third kappa shape index (κ3) is 3.76. The fourth-order valence-electron chi connectivity index (χ4n) is 0.300. The molecule has 0 spiro atoms. The molecular formula is C4H9O3Pb. The van der Waals surface area contributed by atoms with Gasteiger partial charge in [0.1, 0.15) is 0 Å². The first kappa shape index (κ1) is 8.80. The Morgan fingerprint density at radius 1 is 1.38 bits per heavy atom. The molecule has 0 aliphatic heterocycles. The van der Waals surface area contributed by atoms with Crippen LogP contribution in [-0.2, 0) is 12.2 Å². The van der Waals surface area contributed by atoms with Crippen LogP contribution < -0.4 is 0 Å². The summed E-state index contributed by atoms with van der Waals surface area (Å²) < 4.78 is 14.5. The van der Waals surface area contributed by atoms with Crippen molar-refractivity contribution in [3.05, 3.63) is 0 Å². The van der Waals surface area contributed by atoms with Crippen LogP contribution in [0.1, 0.15) is 0 Å². The van der Waals surface area contributed by atoms with E-state index in [1.54, 1.807) is 14.2 Å². The van der Waals surface area contributed by atoms with Crippen LogP contribution in [-0.4, -0.2) is 53.3 Å². The molecule has 0 N–H and O–H groups in total. The zero-order valence-electron chi connectivity index (χ0n) is 5.01. The quantitative estimate of drug-likeness (QED) is 0.527. The van der Waals surface area contributed by atoms with Crippen molar-refractivity contribution in [3.63, 3.8) is 0 Å². The van der Waals surface area contributed by atoms with Gasteiger partial charge in [-0.3, -0.25) is 0 Å². The maximum absolute atomic E-state index is 4.87. The number of hydrogen-bond donors (Lipinski definition) is 0. The van der Waals surface area contributed by atoms with Crippen molar-refractivity contribution in [2.45, 2.75) is 6.29 Å². The first-order chi connectivity index (χ1) is 3.85. The van der Waals surface area contributed by atoms with E-state index in [0.717, 1.165) is 26.2 Å². The van der Waals surface area contributed by atoms with E-state index in [2.05, 4.69) is 0 Å². The molecule has 0 saturated heterocycles. The van der Waals surface area contributed by atoms with Crippen LogP contribution in [0.2, 0.25) is 0 Å². The predicted octanol–water partition coefficient (Wildman–Crippen LogP) is -0.295. The first-order valence-corrected chi connectivity index (χ1v) is 3.78. The molecule has 0 atom stereocenters. The number of methoxy groups -OCH3 is 2. The van der Waals surface area contributed by atoms with E-state index < -0.39 is 0 Å². The topological polar surface area (TPSA) is 27.7 Å². The summed E-state index contributed by atoms with van der Waals surface area (Å²) in [5.41, 5.74) is 0. The number of hydrogen-bond acceptors (Lipinski definition) is 3. The Kier molecular flexibility index (Phi) is 6.52. The first-order valence-electron chi connectivity index (χ1n) is 2.19. The zero-order valence-corrected chi connectivity index (χ0v) is 8.90. The second kappa shape index (κ2) is 5.93. The van der Waals surface area contributed by atoms with Crippen molar-refractivity contribution in [1.29, 1.82) is 0 Å². The van der Waals surface area contributed by atoms with Gasteiger partial charge < -0.3 is 0 Å². The second-order valence-electron chi connectivity index (χ2n) is 1.21. The molecule has 0 rings (SSSR count). The van der Waals surface area contributed by atoms with Gasteiger partial charge in [0.05, 0.1) is 0 Å². The van der Waals surface area contributed by atoms with Gasteiger partial charge in [0, 0.05) is 0 Å². The fraction of sp³-hybridized carbons (Fsp3) is 1.00. The third-order valence-electron chi connectivity index (χ3n) is 0.745. The average Bonchev–Trinajstić information content (AvgIpc) is 1.83. The molecular weight excluding hydrogens is 303 g/mol. The van der Waals surface area contributed by atoms with Crippen molar-refractivity contribution < 1.29 is 12.2 Å². The van der Waals surface area contributed by atoms with E-state index in [1.165, 1.54) is 0 Å². The minimum absolute atomic E-state index is 0.188. The van der Waals surface area contributed by atoms with Crippen molar-refractivity contribution in [2.75, 3.05) is 20.8 Å². The molecule has 0 aromatic rings. The molecule has 0 unspecified atom stereocenters. The van der Waals surface area contributed by atoms with Gasteiger partial charge in [0.2, 0.25) is 0 Å². The number of ether oxygens (including phenoxy) is 2. The Labute approximate surface area is 65.6 Å². The second-order valence-corrected chi connectivity index (χ2v) is 2.33. The molecule has 8 heavy (non-hydrogen) atoms. The van der Waals surface area contributed by atoms with Gasteiger partial charge in [-0.25, -0.2) is 0 Å². The Bertz CT molecular complexity index is 46.5. The molecule has 3 radical (unpaired) electrons. The minimum atomic E-state index is -0.188. The van der Waals surface area contributed by atoms with E-state index >= 15 is 0 Å². The summed E-state index contributed by atoms with van der Waals surface area (Å²) in [6.45, 7) is 0.541. The van der Waals surface area contributed by atoms with Gasteiger partial charge >= 0.3 is 65.5 Å². The average molecular weight is 312 g/mol. The van der Waals surface area contributed by atoms with Crippen LogP contribution in [0.4, 0.5) is 0 Å². The van der Waals surface area contributed by atoms with Gasteiger partial charge in [-0.15, -0.1) is 0 Å². The summed E-state index contributed by atoms with van der Waals surface area (Å²) in [5, 5.41) is 0. The Hall–Kier alpha value is 0.802. The predicted molar refractivity (Wildman–Crippen MR) is 29.5 cm³/mol. The van der Waals surface area contributed by atoms with Crippen molar-refractivity contribution in [2.24, 2.45) is 0 Å². The Morgan fingerprint density at radius 3 is 2.00 bits per heavy atom. The van der Waals surface area contributed by atoms with Gasteiger partial charge in [0.15, 0.2) is 0 Å². The van der Waals surface area contributed by atoms with Crippen LogP contribution in [0.5, 0.6) is 0 Å². The van der Waals surface area contributed by atoms with E-state index in [1.807, 2.05) is 0 Å². The molecule has 0 heterocycles. The van der Waals surface area contributed by atoms with E-state index in [0.29, 0.717) is 6.61 Å². The molecule has 0 aromatic carbocycles. The molecule has 3 nitrogen and oxygen atoms in total. The molecule has 0 bridgehead atoms. The third-order valence-corrected chi connectivity index (χ3v) is 1.39. The van der Waals surface area contributed by atoms with Gasteiger partial charge in [-0.1, -0.05) is 0 Å².